The van der Waals surface area contributed by atoms with E-state index in [1.165, 1.54) is 6.92 Å². The molecule has 0 aliphatic heterocycles. The average Bonchev–Trinajstić information content (AvgIpc) is 2.14. The Morgan fingerprint density at radius 1 is 1.44 bits per heavy atom. The molecular weight excluding hydrogens is 206 g/mol. The molecule has 2 atom stereocenters. The minimum Gasteiger partial charge on any atom is -0.478 e. The van der Waals surface area contributed by atoms with E-state index in [1.54, 1.807) is 6.08 Å². The van der Waals surface area contributed by atoms with Crippen LogP contribution in [0.15, 0.2) is 36.5 Å². The highest BCUT2D eigenvalue weighted by Crippen LogP contribution is 2.25. The number of amides is 1. The number of hydrogen-bond acceptors (Lipinski definition) is 2. The smallest absolute Gasteiger partial charge is 0.327 e. The minimum atomic E-state index is -0.992. The number of hydrogen-bond donors (Lipinski definition) is 2. The standard InChI is InChI=1S/C12H15NO3/c1-9(14)13-12(2)8-4-3-5-10(12)6-7-11(15)16/h3-8,10H,1-2H3,(H,13,14)(H,15,16)/b7-6+. The van der Waals surface area contributed by atoms with Crippen LogP contribution in [0.5, 0.6) is 0 Å². The van der Waals surface area contributed by atoms with Crippen molar-refractivity contribution >= 4 is 11.9 Å². The molecule has 16 heavy (non-hydrogen) atoms. The Balaban J connectivity index is 2.88. The molecule has 0 bridgehead atoms. The van der Waals surface area contributed by atoms with Crippen LogP contribution in [0.1, 0.15) is 13.8 Å². The first-order valence-electron chi connectivity index (χ1n) is 5.00. The van der Waals surface area contributed by atoms with Crippen LogP contribution < -0.4 is 5.32 Å². The lowest BCUT2D eigenvalue weighted by atomic mass is 9.82. The van der Waals surface area contributed by atoms with E-state index in [2.05, 4.69) is 5.32 Å². The Morgan fingerprint density at radius 2 is 2.12 bits per heavy atom. The van der Waals surface area contributed by atoms with Gasteiger partial charge in [-0.25, -0.2) is 4.79 Å². The number of carbonyl (C=O) groups excluding carboxylic acids is 1. The first-order valence-corrected chi connectivity index (χ1v) is 5.00. The van der Waals surface area contributed by atoms with Crippen LogP contribution in [0.25, 0.3) is 0 Å². The second-order valence-electron chi connectivity index (χ2n) is 3.93. The maximum Gasteiger partial charge on any atom is 0.327 e. The summed E-state index contributed by atoms with van der Waals surface area (Å²) in [6.07, 6.45) is 10.0. The van der Waals surface area contributed by atoms with Gasteiger partial charge < -0.3 is 10.4 Å². The Bertz CT molecular complexity index is 382. The van der Waals surface area contributed by atoms with E-state index in [9.17, 15) is 9.59 Å². The number of rotatable bonds is 3. The summed E-state index contributed by atoms with van der Waals surface area (Å²) in [5, 5.41) is 11.4. The van der Waals surface area contributed by atoms with E-state index in [0.717, 1.165) is 6.08 Å². The number of nitrogens with one attached hydrogen (secondary N) is 1. The fourth-order valence-corrected chi connectivity index (χ4v) is 1.70. The van der Waals surface area contributed by atoms with Crippen molar-refractivity contribution in [2.24, 2.45) is 5.92 Å². The van der Waals surface area contributed by atoms with Gasteiger partial charge in [0.25, 0.3) is 0 Å². The lowest BCUT2D eigenvalue weighted by Crippen LogP contribution is -2.48. The largest absolute Gasteiger partial charge is 0.478 e. The fraction of sp³-hybridized carbons (Fsp3) is 0.333. The van der Waals surface area contributed by atoms with Crippen LogP contribution in [-0.4, -0.2) is 22.5 Å². The lowest BCUT2D eigenvalue weighted by molar-refractivity contribution is -0.131. The maximum atomic E-state index is 11.1. The summed E-state index contributed by atoms with van der Waals surface area (Å²) in [4.78, 5) is 21.6. The van der Waals surface area contributed by atoms with Gasteiger partial charge >= 0.3 is 5.97 Å². The van der Waals surface area contributed by atoms with Gasteiger partial charge in [-0.05, 0) is 6.92 Å². The molecule has 1 aliphatic rings. The Morgan fingerprint density at radius 3 is 2.69 bits per heavy atom. The summed E-state index contributed by atoms with van der Waals surface area (Å²) < 4.78 is 0. The fourth-order valence-electron chi connectivity index (χ4n) is 1.70. The molecule has 0 heterocycles. The molecule has 0 radical (unpaired) electrons. The summed E-state index contributed by atoms with van der Waals surface area (Å²) >= 11 is 0. The number of carboxylic acid groups (broad SMARTS) is 1. The van der Waals surface area contributed by atoms with E-state index in [-0.39, 0.29) is 11.8 Å². The maximum absolute atomic E-state index is 11.1. The topological polar surface area (TPSA) is 66.4 Å². The van der Waals surface area contributed by atoms with Crippen molar-refractivity contribution in [1.82, 2.24) is 5.32 Å². The number of allylic oxidation sites excluding steroid dienone is 2. The number of aliphatic carboxylic acids is 1. The molecule has 2 N–H and O–H groups in total. The summed E-state index contributed by atoms with van der Waals surface area (Å²) in [6, 6.07) is 0. The van der Waals surface area contributed by atoms with Gasteiger partial charge in [-0.1, -0.05) is 30.4 Å². The summed E-state index contributed by atoms with van der Waals surface area (Å²) in [5.74, 6) is -1.29. The molecular formula is C12H15NO3. The van der Waals surface area contributed by atoms with Crippen molar-refractivity contribution < 1.29 is 14.7 Å². The Labute approximate surface area is 94.3 Å². The zero-order chi connectivity index (χ0) is 12.2. The van der Waals surface area contributed by atoms with Gasteiger partial charge in [0.15, 0.2) is 0 Å². The molecule has 0 aromatic carbocycles. The monoisotopic (exact) mass is 221 g/mol. The van der Waals surface area contributed by atoms with Crippen molar-refractivity contribution in [3.8, 4) is 0 Å². The molecule has 4 nitrogen and oxygen atoms in total. The van der Waals surface area contributed by atoms with E-state index in [4.69, 9.17) is 5.11 Å². The lowest BCUT2D eigenvalue weighted by Gasteiger charge is -2.34. The average molecular weight is 221 g/mol. The van der Waals surface area contributed by atoms with Gasteiger partial charge in [0.2, 0.25) is 5.91 Å². The summed E-state index contributed by atoms with van der Waals surface area (Å²) in [7, 11) is 0. The molecule has 4 heteroatoms. The molecule has 1 amide bonds. The third kappa shape index (κ3) is 3.08. The molecule has 0 fully saturated rings. The first kappa shape index (κ1) is 12.2. The normalized spacial score (nSPS) is 28.2. The van der Waals surface area contributed by atoms with Crippen molar-refractivity contribution in [3.63, 3.8) is 0 Å². The zero-order valence-corrected chi connectivity index (χ0v) is 9.31. The quantitative estimate of drug-likeness (QED) is 0.705. The number of carbonyl (C=O) groups is 2. The molecule has 1 rings (SSSR count). The van der Waals surface area contributed by atoms with E-state index >= 15 is 0 Å². The third-order valence-electron chi connectivity index (χ3n) is 2.46. The highest BCUT2D eigenvalue weighted by atomic mass is 16.4. The van der Waals surface area contributed by atoms with Crippen LogP contribution in [-0.2, 0) is 9.59 Å². The van der Waals surface area contributed by atoms with E-state index < -0.39 is 11.5 Å². The van der Waals surface area contributed by atoms with E-state index in [1.807, 2.05) is 31.2 Å². The highest BCUT2D eigenvalue weighted by Gasteiger charge is 2.30. The Kier molecular flexibility index (Phi) is 3.66. The molecule has 0 spiro atoms. The van der Waals surface area contributed by atoms with Crippen molar-refractivity contribution in [2.45, 2.75) is 19.4 Å². The summed E-state index contributed by atoms with van der Waals surface area (Å²) in [5.41, 5.74) is -0.563. The van der Waals surface area contributed by atoms with Crippen LogP contribution >= 0.6 is 0 Å². The minimum absolute atomic E-state index is 0.142. The van der Waals surface area contributed by atoms with Crippen molar-refractivity contribution in [3.05, 3.63) is 36.5 Å². The predicted octanol–water partition coefficient (Wildman–Crippen LogP) is 1.26. The third-order valence-corrected chi connectivity index (χ3v) is 2.46. The first-order chi connectivity index (χ1) is 7.44. The molecule has 86 valence electrons. The summed E-state index contributed by atoms with van der Waals surface area (Å²) in [6.45, 7) is 3.29. The van der Waals surface area contributed by atoms with Crippen LogP contribution in [0.3, 0.4) is 0 Å². The predicted molar refractivity (Wildman–Crippen MR) is 60.8 cm³/mol. The molecule has 0 aromatic heterocycles. The Hall–Kier alpha value is -1.84. The molecule has 2 unspecified atom stereocenters. The highest BCUT2D eigenvalue weighted by molar-refractivity contribution is 5.80. The van der Waals surface area contributed by atoms with Crippen LogP contribution in [0.2, 0.25) is 0 Å². The van der Waals surface area contributed by atoms with Gasteiger partial charge in [-0.3, -0.25) is 4.79 Å². The van der Waals surface area contributed by atoms with Gasteiger partial charge in [0, 0.05) is 18.9 Å². The zero-order valence-electron chi connectivity index (χ0n) is 9.31. The van der Waals surface area contributed by atoms with Gasteiger partial charge in [0.05, 0.1) is 5.54 Å². The van der Waals surface area contributed by atoms with Crippen LogP contribution in [0, 0.1) is 5.92 Å². The molecule has 0 saturated carbocycles. The second kappa shape index (κ2) is 4.79. The van der Waals surface area contributed by atoms with Gasteiger partial charge in [-0.2, -0.15) is 0 Å². The molecule has 0 saturated heterocycles. The van der Waals surface area contributed by atoms with E-state index in [0.29, 0.717) is 0 Å². The van der Waals surface area contributed by atoms with Crippen molar-refractivity contribution in [1.29, 1.82) is 0 Å². The van der Waals surface area contributed by atoms with Crippen LogP contribution in [0.4, 0.5) is 0 Å². The van der Waals surface area contributed by atoms with Gasteiger partial charge in [0.1, 0.15) is 0 Å². The second-order valence-corrected chi connectivity index (χ2v) is 3.93. The van der Waals surface area contributed by atoms with Crippen molar-refractivity contribution in [2.75, 3.05) is 0 Å². The molecule has 0 aromatic rings. The SMILES string of the molecule is CC(=O)NC1(C)C=CC=CC1/C=C/C(=O)O. The number of carboxylic acids is 1. The van der Waals surface area contributed by atoms with Gasteiger partial charge in [-0.15, -0.1) is 0 Å². The molecule has 1 aliphatic carbocycles.